The molecule has 1 aromatic carbocycles. The maximum absolute atomic E-state index is 10.2. The van der Waals surface area contributed by atoms with Gasteiger partial charge in [0.2, 0.25) is 0 Å². The number of carboxylic acids is 1. The lowest BCUT2D eigenvalue weighted by molar-refractivity contribution is -0.138. The molecule has 0 saturated carbocycles. The largest absolute Gasteiger partial charge is 0.481 e. The third-order valence-electron chi connectivity index (χ3n) is 1.81. The molecule has 0 aliphatic carbocycles. The van der Waals surface area contributed by atoms with E-state index in [0.29, 0.717) is 10.7 Å². The van der Waals surface area contributed by atoms with Gasteiger partial charge in [0.05, 0.1) is 18.7 Å². The van der Waals surface area contributed by atoms with Crippen LogP contribution in [-0.4, -0.2) is 17.7 Å². The number of halogens is 1. The molecular weight excluding hydrogens is 230 g/mol. The van der Waals surface area contributed by atoms with Crippen molar-refractivity contribution in [2.45, 2.75) is 6.42 Å². The average Bonchev–Trinajstić information content (AvgIpc) is 2.25. The zero-order valence-electron chi connectivity index (χ0n) is 8.57. The quantitative estimate of drug-likeness (QED) is 0.593. The molecule has 0 saturated heterocycles. The van der Waals surface area contributed by atoms with Gasteiger partial charge in [0.1, 0.15) is 0 Å². The van der Waals surface area contributed by atoms with Gasteiger partial charge >= 0.3 is 5.97 Å². The minimum absolute atomic E-state index is 0.0547. The van der Waals surface area contributed by atoms with E-state index in [2.05, 4.69) is 12.1 Å². The third kappa shape index (κ3) is 4.33. The molecule has 16 heavy (non-hydrogen) atoms. The van der Waals surface area contributed by atoms with E-state index in [1.165, 1.54) is 0 Å². The zero-order valence-corrected chi connectivity index (χ0v) is 9.33. The summed E-state index contributed by atoms with van der Waals surface area (Å²) in [5, 5.41) is 9.02. The SMILES string of the molecule is C=C(NOCCC(=O)O)c1ccc(Cl)cc1. The predicted molar refractivity (Wildman–Crippen MR) is 61.8 cm³/mol. The van der Waals surface area contributed by atoms with Crippen molar-refractivity contribution in [2.75, 3.05) is 6.61 Å². The Morgan fingerprint density at radius 2 is 2.06 bits per heavy atom. The molecular formula is C11H12ClNO3. The molecule has 5 heteroatoms. The molecule has 0 aromatic heterocycles. The van der Waals surface area contributed by atoms with E-state index in [1.54, 1.807) is 24.3 Å². The van der Waals surface area contributed by atoms with Gasteiger partial charge in [0.25, 0.3) is 0 Å². The summed E-state index contributed by atoms with van der Waals surface area (Å²) in [5.41, 5.74) is 3.96. The lowest BCUT2D eigenvalue weighted by Crippen LogP contribution is -2.15. The molecule has 0 radical (unpaired) electrons. The van der Waals surface area contributed by atoms with Crippen molar-refractivity contribution in [3.63, 3.8) is 0 Å². The molecule has 2 N–H and O–H groups in total. The molecule has 0 atom stereocenters. The first-order valence-corrected chi connectivity index (χ1v) is 5.02. The van der Waals surface area contributed by atoms with Gasteiger partial charge in [0.15, 0.2) is 0 Å². The molecule has 4 nitrogen and oxygen atoms in total. The smallest absolute Gasteiger partial charge is 0.305 e. The maximum Gasteiger partial charge on any atom is 0.305 e. The highest BCUT2D eigenvalue weighted by Crippen LogP contribution is 2.14. The summed E-state index contributed by atoms with van der Waals surface area (Å²) in [6.45, 7) is 3.83. The Balaban J connectivity index is 2.35. The molecule has 0 spiro atoms. The maximum atomic E-state index is 10.2. The molecule has 0 amide bonds. The second-order valence-electron chi connectivity index (χ2n) is 3.08. The highest BCUT2D eigenvalue weighted by molar-refractivity contribution is 6.30. The van der Waals surface area contributed by atoms with Crippen LogP contribution in [0.2, 0.25) is 5.02 Å². The molecule has 1 rings (SSSR count). The van der Waals surface area contributed by atoms with Crippen LogP contribution in [-0.2, 0) is 9.63 Å². The number of carbonyl (C=O) groups is 1. The molecule has 0 unspecified atom stereocenters. The Kier molecular flexibility index (Phi) is 4.82. The van der Waals surface area contributed by atoms with Crippen molar-refractivity contribution in [1.29, 1.82) is 0 Å². The Morgan fingerprint density at radius 1 is 1.44 bits per heavy atom. The number of carboxylic acid groups (broad SMARTS) is 1. The second-order valence-corrected chi connectivity index (χ2v) is 3.52. The van der Waals surface area contributed by atoms with Crippen LogP contribution >= 0.6 is 11.6 Å². The fourth-order valence-corrected chi connectivity index (χ4v) is 1.11. The van der Waals surface area contributed by atoms with Crippen molar-refractivity contribution < 1.29 is 14.7 Å². The van der Waals surface area contributed by atoms with E-state index in [9.17, 15) is 4.79 Å². The van der Waals surface area contributed by atoms with Gasteiger partial charge in [-0.2, -0.15) is 0 Å². The minimum atomic E-state index is -0.904. The molecule has 0 fully saturated rings. The van der Waals surface area contributed by atoms with Crippen molar-refractivity contribution in [3.05, 3.63) is 41.4 Å². The number of hydrogen-bond acceptors (Lipinski definition) is 3. The summed E-state index contributed by atoms with van der Waals surface area (Å²) in [6.07, 6.45) is -0.0547. The van der Waals surface area contributed by atoms with Crippen LogP contribution in [0.1, 0.15) is 12.0 Å². The first-order chi connectivity index (χ1) is 7.59. The standard InChI is InChI=1S/C11H12ClNO3/c1-8(13-16-7-6-11(14)15)9-2-4-10(12)5-3-9/h2-5,13H,1,6-7H2,(H,14,15). The van der Waals surface area contributed by atoms with Crippen LogP contribution in [0.15, 0.2) is 30.8 Å². The Hall–Kier alpha value is -1.52. The Labute approximate surface area is 98.4 Å². The predicted octanol–water partition coefficient (Wildman–Crippen LogP) is 2.31. The van der Waals surface area contributed by atoms with E-state index in [0.717, 1.165) is 5.56 Å². The van der Waals surface area contributed by atoms with E-state index in [-0.39, 0.29) is 13.0 Å². The highest BCUT2D eigenvalue weighted by atomic mass is 35.5. The highest BCUT2D eigenvalue weighted by Gasteiger charge is 2.00. The summed E-state index contributed by atoms with van der Waals surface area (Å²) in [7, 11) is 0. The normalized spacial score (nSPS) is 9.81. The van der Waals surface area contributed by atoms with Gasteiger partial charge in [-0.15, -0.1) is 0 Å². The van der Waals surface area contributed by atoms with Gasteiger partial charge < -0.3 is 5.11 Å². The average molecular weight is 242 g/mol. The topological polar surface area (TPSA) is 58.6 Å². The van der Waals surface area contributed by atoms with Crippen molar-refractivity contribution >= 4 is 23.3 Å². The van der Waals surface area contributed by atoms with Crippen molar-refractivity contribution in [2.24, 2.45) is 0 Å². The molecule has 0 aliphatic rings. The van der Waals surface area contributed by atoms with Crippen LogP contribution in [0, 0.1) is 0 Å². The fraction of sp³-hybridized carbons (Fsp3) is 0.182. The first kappa shape index (κ1) is 12.5. The van der Waals surface area contributed by atoms with E-state index >= 15 is 0 Å². The third-order valence-corrected chi connectivity index (χ3v) is 2.06. The summed E-state index contributed by atoms with van der Waals surface area (Å²) < 4.78 is 0. The van der Waals surface area contributed by atoms with Crippen LogP contribution in [0.25, 0.3) is 5.70 Å². The van der Waals surface area contributed by atoms with Gasteiger partial charge in [-0.05, 0) is 17.7 Å². The second kappa shape index (κ2) is 6.15. The van der Waals surface area contributed by atoms with Crippen molar-refractivity contribution in [1.82, 2.24) is 5.48 Å². The van der Waals surface area contributed by atoms with E-state index in [1.807, 2.05) is 0 Å². The summed E-state index contributed by atoms with van der Waals surface area (Å²) in [4.78, 5) is 15.1. The van der Waals surface area contributed by atoms with Crippen LogP contribution in [0.3, 0.4) is 0 Å². The summed E-state index contributed by atoms with van der Waals surface area (Å²) in [5.74, 6) is -0.904. The van der Waals surface area contributed by atoms with Crippen LogP contribution in [0.5, 0.6) is 0 Å². The fourth-order valence-electron chi connectivity index (χ4n) is 0.986. The lowest BCUT2D eigenvalue weighted by Gasteiger charge is -2.09. The van der Waals surface area contributed by atoms with Crippen LogP contribution < -0.4 is 5.48 Å². The summed E-state index contributed by atoms with van der Waals surface area (Å²) in [6, 6.07) is 7.05. The lowest BCUT2D eigenvalue weighted by atomic mass is 10.2. The minimum Gasteiger partial charge on any atom is -0.481 e. The molecule has 0 heterocycles. The monoisotopic (exact) mass is 241 g/mol. The number of hydrogen-bond donors (Lipinski definition) is 2. The number of hydroxylamine groups is 1. The van der Waals surface area contributed by atoms with E-state index in [4.69, 9.17) is 21.5 Å². The van der Waals surface area contributed by atoms with Gasteiger partial charge in [-0.25, -0.2) is 0 Å². The number of aliphatic carboxylic acids is 1. The Bertz CT molecular complexity index is 375. The van der Waals surface area contributed by atoms with Crippen molar-refractivity contribution in [3.8, 4) is 0 Å². The molecule has 0 bridgehead atoms. The van der Waals surface area contributed by atoms with E-state index < -0.39 is 5.97 Å². The molecule has 0 aliphatic heterocycles. The number of rotatable bonds is 6. The van der Waals surface area contributed by atoms with Crippen LogP contribution in [0.4, 0.5) is 0 Å². The van der Waals surface area contributed by atoms with Gasteiger partial charge in [0, 0.05) is 5.02 Å². The zero-order chi connectivity index (χ0) is 12.0. The van der Waals surface area contributed by atoms with Gasteiger partial charge in [-0.1, -0.05) is 30.3 Å². The molecule has 1 aromatic rings. The Morgan fingerprint density at radius 3 is 2.62 bits per heavy atom. The first-order valence-electron chi connectivity index (χ1n) is 4.64. The number of nitrogens with one attached hydrogen (secondary N) is 1. The number of benzene rings is 1. The molecule has 86 valence electrons. The summed E-state index contributed by atoms with van der Waals surface area (Å²) >= 11 is 5.73. The van der Waals surface area contributed by atoms with Gasteiger partial charge in [-0.3, -0.25) is 15.1 Å².